The lowest BCUT2D eigenvalue weighted by molar-refractivity contribution is -0.131. The number of halogens is 1. The van der Waals surface area contributed by atoms with E-state index in [1.807, 2.05) is 35.1 Å². The summed E-state index contributed by atoms with van der Waals surface area (Å²) in [6.07, 6.45) is 5.97. The summed E-state index contributed by atoms with van der Waals surface area (Å²) in [5, 5.41) is 7.13. The molecule has 1 aromatic rings. The van der Waals surface area contributed by atoms with Crippen molar-refractivity contribution in [3.05, 3.63) is 18.5 Å². The van der Waals surface area contributed by atoms with E-state index >= 15 is 0 Å². The van der Waals surface area contributed by atoms with Gasteiger partial charge in [-0.1, -0.05) is 0 Å². The zero-order valence-electron chi connectivity index (χ0n) is 10.7. The lowest BCUT2D eigenvalue weighted by Gasteiger charge is -2.32. The minimum Gasteiger partial charge on any atom is -0.342 e. The number of hydrogen-bond donors (Lipinski definition) is 1. The Kier molecular flexibility index (Phi) is 6.15. The number of nitrogens with one attached hydrogen (secondary N) is 1. The molecule has 0 atom stereocenters. The van der Waals surface area contributed by atoms with E-state index in [9.17, 15) is 4.79 Å². The minimum absolute atomic E-state index is 0. The highest BCUT2D eigenvalue weighted by Gasteiger charge is 2.22. The van der Waals surface area contributed by atoms with Crippen LogP contribution < -0.4 is 5.32 Å². The highest BCUT2D eigenvalue weighted by atomic mass is 35.5. The number of carbonyl (C=O) groups is 1. The fourth-order valence-corrected chi connectivity index (χ4v) is 2.30. The van der Waals surface area contributed by atoms with Crippen LogP contribution in [0.4, 0.5) is 0 Å². The molecule has 1 aliphatic rings. The van der Waals surface area contributed by atoms with Crippen molar-refractivity contribution in [2.45, 2.75) is 19.4 Å². The summed E-state index contributed by atoms with van der Waals surface area (Å²) in [6.45, 7) is 3.18. The van der Waals surface area contributed by atoms with E-state index in [0.29, 0.717) is 12.5 Å². The summed E-state index contributed by atoms with van der Waals surface area (Å²) < 4.78 is 1.98. The summed E-state index contributed by atoms with van der Waals surface area (Å²) in [5.74, 6) is 0.860. The molecule has 1 amide bonds. The van der Waals surface area contributed by atoms with Crippen LogP contribution in [0.2, 0.25) is 0 Å². The topological polar surface area (TPSA) is 50.2 Å². The van der Waals surface area contributed by atoms with E-state index in [2.05, 4.69) is 10.4 Å². The fourth-order valence-electron chi connectivity index (χ4n) is 2.30. The third kappa shape index (κ3) is 3.99. The molecule has 0 bridgehead atoms. The molecule has 1 fully saturated rings. The number of piperidine rings is 1. The van der Waals surface area contributed by atoms with E-state index < -0.39 is 0 Å². The van der Waals surface area contributed by atoms with Crippen molar-refractivity contribution in [1.29, 1.82) is 0 Å². The minimum atomic E-state index is 0. The maximum Gasteiger partial charge on any atom is 0.236 e. The molecule has 6 heteroatoms. The Labute approximate surface area is 114 Å². The van der Waals surface area contributed by atoms with Gasteiger partial charge in [0, 0.05) is 32.0 Å². The summed E-state index contributed by atoms with van der Waals surface area (Å²) in [6, 6.07) is 1.95. The SMILES string of the molecule is CNCC(=O)N1CCC(Cn2cccn2)CC1.Cl. The molecular formula is C12H21ClN4O. The molecule has 5 nitrogen and oxygen atoms in total. The summed E-state index contributed by atoms with van der Waals surface area (Å²) in [4.78, 5) is 13.6. The second kappa shape index (κ2) is 7.38. The maximum absolute atomic E-state index is 11.7. The van der Waals surface area contributed by atoms with Gasteiger partial charge in [-0.25, -0.2) is 0 Å². The highest BCUT2D eigenvalue weighted by Crippen LogP contribution is 2.18. The first kappa shape index (κ1) is 15.0. The first-order chi connectivity index (χ1) is 8.29. The summed E-state index contributed by atoms with van der Waals surface area (Å²) >= 11 is 0. The summed E-state index contributed by atoms with van der Waals surface area (Å²) in [7, 11) is 1.81. The third-order valence-corrected chi connectivity index (χ3v) is 3.30. The smallest absolute Gasteiger partial charge is 0.236 e. The Balaban J connectivity index is 0.00000162. The van der Waals surface area contributed by atoms with Gasteiger partial charge in [0.05, 0.1) is 6.54 Å². The van der Waals surface area contributed by atoms with Crippen molar-refractivity contribution < 1.29 is 4.79 Å². The second-order valence-corrected chi connectivity index (χ2v) is 4.58. The molecule has 18 heavy (non-hydrogen) atoms. The lowest BCUT2D eigenvalue weighted by Crippen LogP contribution is -2.42. The van der Waals surface area contributed by atoms with Gasteiger partial charge in [-0.2, -0.15) is 5.10 Å². The predicted octanol–water partition coefficient (Wildman–Crippen LogP) is 0.763. The highest BCUT2D eigenvalue weighted by molar-refractivity contribution is 5.85. The molecule has 102 valence electrons. The van der Waals surface area contributed by atoms with Crippen LogP contribution >= 0.6 is 12.4 Å². The summed E-state index contributed by atoms with van der Waals surface area (Å²) in [5.41, 5.74) is 0. The normalized spacial score (nSPS) is 16.4. The zero-order valence-corrected chi connectivity index (χ0v) is 11.5. The molecule has 1 N–H and O–H groups in total. The molecule has 2 rings (SSSR count). The number of likely N-dealkylation sites (tertiary alicyclic amines) is 1. The molecule has 1 aliphatic heterocycles. The average Bonchev–Trinajstić information content (AvgIpc) is 2.83. The van der Waals surface area contributed by atoms with Gasteiger partial charge in [0.25, 0.3) is 0 Å². The van der Waals surface area contributed by atoms with Crippen LogP contribution in [0.1, 0.15) is 12.8 Å². The predicted molar refractivity (Wildman–Crippen MR) is 72.7 cm³/mol. The van der Waals surface area contributed by atoms with Crippen LogP contribution in [0.25, 0.3) is 0 Å². The van der Waals surface area contributed by atoms with Crippen molar-refractivity contribution in [3.8, 4) is 0 Å². The van der Waals surface area contributed by atoms with Crippen LogP contribution in [0.5, 0.6) is 0 Å². The van der Waals surface area contributed by atoms with Crippen LogP contribution in [0.3, 0.4) is 0 Å². The molecule has 0 saturated carbocycles. The van der Waals surface area contributed by atoms with Gasteiger partial charge in [-0.15, -0.1) is 12.4 Å². The number of nitrogens with zero attached hydrogens (tertiary/aromatic N) is 3. The Morgan fingerprint density at radius 3 is 2.72 bits per heavy atom. The first-order valence-electron chi connectivity index (χ1n) is 6.19. The van der Waals surface area contributed by atoms with Gasteiger partial charge in [-0.3, -0.25) is 9.48 Å². The quantitative estimate of drug-likeness (QED) is 0.881. The molecule has 0 spiro atoms. The van der Waals surface area contributed by atoms with Crippen LogP contribution in [0.15, 0.2) is 18.5 Å². The molecule has 1 aromatic heterocycles. The van der Waals surface area contributed by atoms with Crippen LogP contribution in [0, 0.1) is 5.92 Å². The van der Waals surface area contributed by atoms with Gasteiger partial charge in [0.15, 0.2) is 0 Å². The van der Waals surface area contributed by atoms with Crippen molar-refractivity contribution in [2.24, 2.45) is 5.92 Å². The number of hydrogen-bond acceptors (Lipinski definition) is 3. The number of likely N-dealkylation sites (N-methyl/N-ethyl adjacent to an activating group) is 1. The van der Waals surface area contributed by atoms with Gasteiger partial charge < -0.3 is 10.2 Å². The van der Waals surface area contributed by atoms with E-state index in [0.717, 1.165) is 32.5 Å². The Bertz CT molecular complexity index is 347. The van der Waals surface area contributed by atoms with Gasteiger partial charge in [-0.05, 0) is 31.9 Å². The number of amides is 1. The van der Waals surface area contributed by atoms with Gasteiger partial charge >= 0.3 is 0 Å². The molecule has 1 saturated heterocycles. The molecule has 0 aromatic carbocycles. The Hall–Kier alpha value is -1.07. The van der Waals surface area contributed by atoms with E-state index in [1.54, 1.807) is 0 Å². The van der Waals surface area contributed by atoms with Crippen molar-refractivity contribution in [3.63, 3.8) is 0 Å². The number of aromatic nitrogens is 2. The number of carbonyl (C=O) groups excluding carboxylic acids is 1. The first-order valence-corrected chi connectivity index (χ1v) is 6.19. The standard InChI is InChI=1S/C12H20N4O.ClH/c1-13-9-12(17)15-7-3-11(4-8-15)10-16-6-2-5-14-16;/h2,5-6,11,13H,3-4,7-10H2,1H3;1H. The molecule has 0 unspecified atom stereocenters. The maximum atomic E-state index is 11.7. The largest absolute Gasteiger partial charge is 0.342 e. The Morgan fingerprint density at radius 2 is 2.17 bits per heavy atom. The number of rotatable bonds is 4. The monoisotopic (exact) mass is 272 g/mol. The fraction of sp³-hybridized carbons (Fsp3) is 0.667. The van der Waals surface area contributed by atoms with Crippen molar-refractivity contribution >= 4 is 18.3 Å². The Morgan fingerprint density at radius 1 is 1.44 bits per heavy atom. The van der Waals surface area contributed by atoms with Crippen molar-refractivity contribution in [1.82, 2.24) is 20.0 Å². The van der Waals surface area contributed by atoms with Gasteiger partial charge in [0.1, 0.15) is 0 Å². The molecule has 0 radical (unpaired) electrons. The van der Waals surface area contributed by atoms with Crippen molar-refractivity contribution in [2.75, 3.05) is 26.7 Å². The zero-order chi connectivity index (χ0) is 12.1. The molecule has 0 aliphatic carbocycles. The van der Waals surface area contributed by atoms with Crippen LogP contribution in [-0.2, 0) is 11.3 Å². The van der Waals surface area contributed by atoms with E-state index in [-0.39, 0.29) is 18.3 Å². The molecule has 2 heterocycles. The van der Waals surface area contributed by atoms with E-state index in [1.165, 1.54) is 0 Å². The third-order valence-electron chi connectivity index (χ3n) is 3.30. The second-order valence-electron chi connectivity index (χ2n) is 4.58. The van der Waals surface area contributed by atoms with Crippen LogP contribution in [-0.4, -0.2) is 47.3 Å². The van der Waals surface area contributed by atoms with Gasteiger partial charge in [0.2, 0.25) is 5.91 Å². The molecular weight excluding hydrogens is 252 g/mol. The average molecular weight is 273 g/mol. The lowest BCUT2D eigenvalue weighted by atomic mass is 9.97. The van der Waals surface area contributed by atoms with E-state index in [4.69, 9.17) is 0 Å².